The van der Waals surface area contributed by atoms with Crippen LogP contribution in [-0.2, 0) is 26.2 Å². The number of amides is 2. The highest BCUT2D eigenvalue weighted by Gasteiger charge is 2.32. The Hall–Kier alpha value is -2.78. The Kier molecular flexibility index (Phi) is 9.19. The molecule has 2 aromatic rings. The topological polar surface area (TPSA) is 96.0 Å². The van der Waals surface area contributed by atoms with Crippen LogP contribution in [0.15, 0.2) is 42.5 Å². The quantitative estimate of drug-likeness (QED) is 0.540. The molecule has 2 aromatic carbocycles. The van der Waals surface area contributed by atoms with Crippen LogP contribution in [0.25, 0.3) is 0 Å². The maximum atomic E-state index is 13.6. The Morgan fingerprint density at radius 1 is 1.14 bits per heavy atom. The Bertz CT molecular complexity index is 1180. The van der Waals surface area contributed by atoms with E-state index >= 15 is 0 Å². The predicted octanol–water partition coefficient (Wildman–Crippen LogP) is 3.76. The molecule has 1 N–H and O–H groups in total. The third-order valence-electron chi connectivity index (χ3n) is 5.34. The Morgan fingerprint density at radius 2 is 1.77 bits per heavy atom. The summed E-state index contributed by atoms with van der Waals surface area (Å²) in [5.41, 5.74) is 1.07. The zero-order valence-electron chi connectivity index (χ0n) is 21.3. The SMILES string of the molecule is COc1cccc(CN(C(=O)CN(c2cccc(Cl)c2C)S(C)(=O)=O)[C@@H](C)C(=O)NC(C)(C)C)c1. The van der Waals surface area contributed by atoms with E-state index in [-0.39, 0.29) is 12.5 Å². The van der Waals surface area contributed by atoms with Crippen molar-refractivity contribution in [2.24, 2.45) is 0 Å². The van der Waals surface area contributed by atoms with Crippen LogP contribution in [0.4, 0.5) is 5.69 Å². The van der Waals surface area contributed by atoms with Gasteiger partial charge in [-0.1, -0.05) is 29.8 Å². The zero-order chi connectivity index (χ0) is 26.6. The number of halogens is 1. The molecule has 0 aromatic heterocycles. The van der Waals surface area contributed by atoms with Gasteiger partial charge in [-0.15, -0.1) is 0 Å². The first kappa shape index (κ1) is 28.5. The number of rotatable bonds is 9. The molecule has 0 unspecified atom stereocenters. The van der Waals surface area contributed by atoms with E-state index in [2.05, 4.69) is 5.32 Å². The van der Waals surface area contributed by atoms with Crippen LogP contribution >= 0.6 is 11.6 Å². The van der Waals surface area contributed by atoms with E-state index in [1.54, 1.807) is 57.4 Å². The van der Waals surface area contributed by atoms with Gasteiger partial charge in [0.05, 0.1) is 19.1 Å². The third-order valence-corrected chi connectivity index (χ3v) is 6.88. The van der Waals surface area contributed by atoms with Crippen molar-refractivity contribution in [3.05, 3.63) is 58.6 Å². The van der Waals surface area contributed by atoms with E-state index in [1.165, 1.54) is 4.90 Å². The fourth-order valence-electron chi connectivity index (χ4n) is 3.49. The number of carbonyl (C=O) groups excluding carboxylic acids is 2. The molecule has 8 nitrogen and oxygen atoms in total. The number of sulfonamides is 1. The van der Waals surface area contributed by atoms with E-state index in [0.717, 1.165) is 16.1 Å². The number of benzene rings is 2. The van der Waals surface area contributed by atoms with Gasteiger partial charge < -0.3 is 15.0 Å². The maximum Gasteiger partial charge on any atom is 0.244 e. The van der Waals surface area contributed by atoms with Crippen molar-refractivity contribution in [1.29, 1.82) is 0 Å². The highest BCUT2D eigenvalue weighted by molar-refractivity contribution is 7.92. The van der Waals surface area contributed by atoms with E-state index in [0.29, 0.717) is 22.0 Å². The lowest BCUT2D eigenvalue weighted by Crippen LogP contribution is -2.54. The van der Waals surface area contributed by atoms with Crippen molar-refractivity contribution in [3.8, 4) is 5.75 Å². The van der Waals surface area contributed by atoms with Crippen molar-refractivity contribution in [2.75, 3.05) is 24.2 Å². The van der Waals surface area contributed by atoms with Crippen LogP contribution in [0.2, 0.25) is 5.02 Å². The van der Waals surface area contributed by atoms with Crippen LogP contribution < -0.4 is 14.4 Å². The second kappa shape index (κ2) is 11.3. The molecule has 2 rings (SSSR count). The second-order valence-electron chi connectivity index (χ2n) is 9.44. The molecule has 0 radical (unpaired) electrons. The summed E-state index contributed by atoms with van der Waals surface area (Å²) in [6.07, 6.45) is 1.03. The first-order valence-corrected chi connectivity index (χ1v) is 13.3. The molecule has 0 aliphatic carbocycles. The van der Waals surface area contributed by atoms with E-state index in [9.17, 15) is 18.0 Å². The second-order valence-corrected chi connectivity index (χ2v) is 11.8. The summed E-state index contributed by atoms with van der Waals surface area (Å²) in [5, 5.41) is 3.27. The van der Waals surface area contributed by atoms with E-state index in [4.69, 9.17) is 16.3 Å². The molecule has 0 aliphatic rings. The Balaban J connectivity index is 2.47. The average molecular weight is 524 g/mol. The molecule has 0 spiro atoms. The van der Waals surface area contributed by atoms with Crippen LogP contribution in [0.5, 0.6) is 5.75 Å². The summed E-state index contributed by atoms with van der Waals surface area (Å²) in [7, 11) is -2.30. The zero-order valence-corrected chi connectivity index (χ0v) is 22.8. The van der Waals surface area contributed by atoms with Gasteiger partial charge in [-0.3, -0.25) is 13.9 Å². The number of carbonyl (C=O) groups is 2. The molecular formula is C25H34ClN3O5S. The smallest absolute Gasteiger partial charge is 0.244 e. The lowest BCUT2D eigenvalue weighted by molar-refractivity contribution is -0.140. The van der Waals surface area contributed by atoms with Gasteiger partial charge in [0.1, 0.15) is 18.3 Å². The first-order chi connectivity index (χ1) is 16.1. The lowest BCUT2D eigenvalue weighted by atomic mass is 10.1. The van der Waals surface area contributed by atoms with Gasteiger partial charge in [-0.25, -0.2) is 8.42 Å². The van der Waals surface area contributed by atoms with Crippen LogP contribution in [0.1, 0.15) is 38.8 Å². The number of nitrogens with zero attached hydrogens (tertiary/aromatic N) is 2. The van der Waals surface area contributed by atoms with Gasteiger partial charge in [0, 0.05) is 17.1 Å². The van der Waals surface area contributed by atoms with Gasteiger partial charge in [0.25, 0.3) is 0 Å². The minimum absolute atomic E-state index is 0.0842. The molecular weight excluding hydrogens is 490 g/mol. The summed E-state index contributed by atoms with van der Waals surface area (Å²) < 4.78 is 31.7. The molecule has 10 heteroatoms. The van der Waals surface area contributed by atoms with E-state index in [1.807, 2.05) is 26.8 Å². The van der Waals surface area contributed by atoms with Gasteiger partial charge in [-0.2, -0.15) is 0 Å². The van der Waals surface area contributed by atoms with E-state index < -0.39 is 34.1 Å². The summed E-state index contributed by atoms with van der Waals surface area (Å²) >= 11 is 6.21. The van der Waals surface area contributed by atoms with Crippen molar-refractivity contribution in [1.82, 2.24) is 10.2 Å². The highest BCUT2D eigenvalue weighted by Crippen LogP contribution is 2.28. The molecule has 35 heavy (non-hydrogen) atoms. The van der Waals surface area contributed by atoms with Crippen molar-refractivity contribution < 1.29 is 22.7 Å². The standard InChI is InChI=1S/C25H34ClN3O5S/c1-17-21(26)12-9-13-22(17)29(35(7,32)33)16-23(30)28(18(2)24(31)27-25(3,4)5)15-19-10-8-11-20(14-19)34-6/h8-14,18H,15-16H2,1-7H3,(H,27,31)/t18-/m0/s1. The highest BCUT2D eigenvalue weighted by atomic mass is 35.5. The number of hydrogen-bond donors (Lipinski definition) is 1. The third kappa shape index (κ3) is 7.86. The fourth-order valence-corrected chi connectivity index (χ4v) is 4.55. The molecule has 0 fully saturated rings. The molecule has 0 heterocycles. The number of methoxy groups -OCH3 is 1. The van der Waals surface area contributed by atoms with Crippen LogP contribution in [-0.4, -0.2) is 56.6 Å². The molecule has 0 saturated heterocycles. The fraction of sp³-hybridized carbons (Fsp3) is 0.440. The molecule has 1 atom stereocenters. The summed E-state index contributed by atoms with van der Waals surface area (Å²) in [6.45, 7) is 8.44. The Labute approximate surface area is 213 Å². The normalized spacial score (nSPS) is 12.6. The molecule has 0 saturated carbocycles. The predicted molar refractivity (Wildman–Crippen MR) is 139 cm³/mol. The average Bonchev–Trinajstić information content (AvgIpc) is 2.75. The number of hydrogen-bond acceptors (Lipinski definition) is 5. The number of ether oxygens (including phenoxy) is 1. The largest absolute Gasteiger partial charge is 0.497 e. The van der Waals surface area contributed by atoms with Gasteiger partial charge in [0.2, 0.25) is 21.8 Å². The van der Waals surface area contributed by atoms with Gasteiger partial charge in [-0.05, 0) is 70.0 Å². The number of nitrogens with one attached hydrogen (secondary N) is 1. The van der Waals surface area contributed by atoms with Crippen molar-refractivity contribution in [2.45, 2.75) is 52.7 Å². The summed E-state index contributed by atoms with van der Waals surface area (Å²) in [5.74, 6) is -0.276. The monoisotopic (exact) mass is 523 g/mol. The minimum Gasteiger partial charge on any atom is -0.497 e. The van der Waals surface area contributed by atoms with Crippen molar-refractivity contribution in [3.63, 3.8) is 0 Å². The molecule has 0 bridgehead atoms. The molecule has 192 valence electrons. The lowest BCUT2D eigenvalue weighted by Gasteiger charge is -2.33. The molecule has 0 aliphatic heterocycles. The summed E-state index contributed by atoms with van der Waals surface area (Å²) in [4.78, 5) is 28.0. The van der Waals surface area contributed by atoms with Crippen LogP contribution in [0, 0.1) is 6.92 Å². The minimum atomic E-state index is -3.84. The maximum absolute atomic E-state index is 13.6. The molecule has 2 amide bonds. The Morgan fingerprint density at radius 3 is 2.34 bits per heavy atom. The number of anilines is 1. The van der Waals surface area contributed by atoms with Crippen LogP contribution in [0.3, 0.4) is 0 Å². The van der Waals surface area contributed by atoms with Gasteiger partial charge >= 0.3 is 0 Å². The summed E-state index contributed by atoms with van der Waals surface area (Å²) in [6, 6.07) is 11.1. The first-order valence-electron chi connectivity index (χ1n) is 11.1. The van der Waals surface area contributed by atoms with Gasteiger partial charge in [0.15, 0.2) is 0 Å². The van der Waals surface area contributed by atoms with Crippen molar-refractivity contribution >= 4 is 39.1 Å².